The zero-order valence-electron chi connectivity index (χ0n) is 4.98. The number of hydrogen-bond acceptors (Lipinski definition) is 3. The van der Waals surface area contributed by atoms with Gasteiger partial charge in [-0.2, -0.15) is 4.98 Å². The molecule has 5 nitrogen and oxygen atoms in total. The summed E-state index contributed by atoms with van der Waals surface area (Å²) < 4.78 is 0.626. The minimum Gasteiger partial charge on any atom is -0.711 e. The Morgan fingerprint density at radius 3 is 3.30 bits per heavy atom. The van der Waals surface area contributed by atoms with Crippen molar-refractivity contribution >= 4 is 11.2 Å². The summed E-state index contributed by atoms with van der Waals surface area (Å²) in [6, 6.07) is 0. The van der Waals surface area contributed by atoms with Gasteiger partial charge in [-0.15, -0.1) is 0 Å². The van der Waals surface area contributed by atoms with Crippen molar-refractivity contribution in [2.24, 2.45) is 0 Å². The Hall–Kier alpha value is -1.65. The molecule has 0 atom stereocenters. The lowest BCUT2D eigenvalue weighted by atomic mass is 10.6. The zero-order valence-corrected chi connectivity index (χ0v) is 4.98. The van der Waals surface area contributed by atoms with E-state index in [2.05, 4.69) is 15.0 Å². The number of hydrogen-bond donors (Lipinski definition) is 1. The smallest absolute Gasteiger partial charge is 0.294 e. The molecule has 0 amide bonds. The molecule has 0 saturated heterocycles. The van der Waals surface area contributed by atoms with Crippen molar-refractivity contribution in [3.63, 3.8) is 0 Å². The Bertz CT molecular complexity index is 355. The highest BCUT2D eigenvalue weighted by atomic mass is 16.5. The number of nitrogens with zero attached hydrogens (tertiary/aromatic N) is 3. The van der Waals surface area contributed by atoms with Gasteiger partial charge in [0.05, 0.1) is 6.33 Å². The number of aromatic nitrogens is 4. The molecule has 2 aromatic heterocycles. The summed E-state index contributed by atoms with van der Waals surface area (Å²) in [5, 5.41) is 10.6. The van der Waals surface area contributed by atoms with E-state index in [1.807, 2.05) is 0 Å². The molecule has 50 valence electrons. The van der Waals surface area contributed by atoms with Crippen LogP contribution in [0.5, 0.6) is 0 Å². The first-order valence-corrected chi connectivity index (χ1v) is 2.74. The number of fused-ring (bicyclic) bond motifs is 1. The van der Waals surface area contributed by atoms with Crippen LogP contribution in [0.1, 0.15) is 0 Å². The normalized spacial score (nSPS) is 10.4. The molecule has 0 aliphatic heterocycles. The van der Waals surface area contributed by atoms with Crippen LogP contribution in [-0.2, 0) is 0 Å². The molecule has 0 fully saturated rings. The van der Waals surface area contributed by atoms with Gasteiger partial charge < -0.3 is 10.2 Å². The second-order valence-corrected chi connectivity index (χ2v) is 1.87. The van der Waals surface area contributed by atoms with Gasteiger partial charge in [-0.05, 0) is 4.98 Å². The largest absolute Gasteiger partial charge is 0.711 e. The van der Waals surface area contributed by atoms with E-state index in [1.165, 1.54) is 18.9 Å². The summed E-state index contributed by atoms with van der Waals surface area (Å²) in [4.78, 5) is 10.4. The number of H-pyrrole nitrogens is 1. The lowest BCUT2D eigenvalue weighted by molar-refractivity contribution is -0.607. The van der Waals surface area contributed by atoms with Crippen LogP contribution in [-0.4, -0.2) is 15.0 Å². The minimum absolute atomic E-state index is 0.562. The predicted octanol–water partition coefficient (Wildman–Crippen LogP) is -0.409. The standard InChI is InChI=1S/C5H4N4O/c10-9-1-4-5(8-3-9)7-2-6-4/h1-3H,(H,6,7,8). The first kappa shape index (κ1) is 5.16. The van der Waals surface area contributed by atoms with Gasteiger partial charge in [0.25, 0.3) is 12.0 Å². The molecule has 0 aliphatic carbocycles. The van der Waals surface area contributed by atoms with Gasteiger partial charge in [0.1, 0.15) is 6.20 Å². The fourth-order valence-electron chi connectivity index (χ4n) is 0.767. The van der Waals surface area contributed by atoms with Gasteiger partial charge in [-0.1, -0.05) is 0 Å². The van der Waals surface area contributed by atoms with E-state index in [0.717, 1.165) is 0 Å². The van der Waals surface area contributed by atoms with Gasteiger partial charge in [0.15, 0.2) is 5.52 Å². The topological polar surface area (TPSA) is 68.5 Å². The molecule has 1 N–H and O–H groups in total. The Labute approximate surface area is 55.9 Å². The van der Waals surface area contributed by atoms with Crippen molar-refractivity contribution in [3.8, 4) is 0 Å². The lowest BCUT2D eigenvalue weighted by Gasteiger charge is -1.94. The summed E-state index contributed by atoms with van der Waals surface area (Å²) >= 11 is 0. The molecule has 0 unspecified atom stereocenters. The van der Waals surface area contributed by atoms with Crippen LogP contribution in [0, 0.1) is 5.21 Å². The fourth-order valence-corrected chi connectivity index (χ4v) is 0.767. The Morgan fingerprint density at radius 1 is 1.50 bits per heavy atom. The maximum Gasteiger partial charge on any atom is 0.294 e. The highest BCUT2D eigenvalue weighted by Crippen LogP contribution is 1.98. The third kappa shape index (κ3) is 0.604. The van der Waals surface area contributed by atoms with E-state index in [-0.39, 0.29) is 0 Å². The molecule has 0 radical (unpaired) electrons. The van der Waals surface area contributed by atoms with Crippen LogP contribution in [0.25, 0.3) is 11.2 Å². The maximum absolute atomic E-state index is 10.6. The molecule has 2 aromatic rings. The monoisotopic (exact) mass is 136 g/mol. The molecule has 0 aliphatic rings. The highest BCUT2D eigenvalue weighted by molar-refractivity contribution is 5.66. The molecule has 0 aromatic carbocycles. The van der Waals surface area contributed by atoms with Crippen molar-refractivity contribution in [1.82, 2.24) is 15.0 Å². The van der Waals surface area contributed by atoms with Crippen molar-refractivity contribution in [3.05, 3.63) is 24.1 Å². The van der Waals surface area contributed by atoms with Crippen molar-refractivity contribution in [2.45, 2.75) is 0 Å². The number of nitrogens with one attached hydrogen (secondary N) is 1. The highest BCUT2D eigenvalue weighted by Gasteiger charge is 2.00. The second-order valence-electron chi connectivity index (χ2n) is 1.87. The molecule has 0 spiro atoms. The number of rotatable bonds is 0. The zero-order chi connectivity index (χ0) is 6.97. The number of aromatic amines is 1. The Kier molecular flexibility index (Phi) is 0.858. The van der Waals surface area contributed by atoms with Crippen LogP contribution in [0.4, 0.5) is 0 Å². The first-order valence-electron chi connectivity index (χ1n) is 2.74. The summed E-state index contributed by atoms with van der Waals surface area (Å²) in [5.41, 5.74) is 1.21. The third-order valence-corrected chi connectivity index (χ3v) is 1.20. The van der Waals surface area contributed by atoms with Gasteiger partial charge in [-0.3, -0.25) is 0 Å². The van der Waals surface area contributed by atoms with Crippen molar-refractivity contribution in [2.75, 3.05) is 0 Å². The molecule has 10 heavy (non-hydrogen) atoms. The van der Waals surface area contributed by atoms with Crippen LogP contribution >= 0.6 is 0 Å². The molecule has 0 saturated carbocycles. The third-order valence-electron chi connectivity index (χ3n) is 1.20. The van der Waals surface area contributed by atoms with E-state index in [0.29, 0.717) is 15.9 Å². The van der Waals surface area contributed by atoms with Gasteiger partial charge in [0, 0.05) is 0 Å². The fraction of sp³-hybridized carbons (Fsp3) is 0. The molecule has 5 heteroatoms. The summed E-state index contributed by atoms with van der Waals surface area (Å²) in [6.45, 7) is 0. The molecular weight excluding hydrogens is 132 g/mol. The minimum atomic E-state index is 0.562. The summed E-state index contributed by atoms with van der Waals surface area (Å²) in [5.74, 6) is 0. The van der Waals surface area contributed by atoms with E-state index in [4.69, 9.17) is 0 Å². The quantitative estimate of drug-likeness (QED) is 0.395. The van der Waals surface area contributed by atoms with E-state index in [9.17, 15) is 5.21 Å². The van der Waals surface area contributed by atoms with Crippen LogP contribution in [0.3, 0.4) is 0 Å². The van der Waals surface area contributed by atoms with E-state index in [1.54, 1.807) is 0 Å². The van der Waals surface area contributed by atoms with E-state index >= 15 is 0 Å². The van der Waals surface area contributed by atoms with Gasteiger partial charge in [-0.25, -0.2) is 4.73 Å². The number of imidazole rings is 1. The Morgan fingerprint density at radius 2 is 2.40 bits per heavy atom. The van der Waals surface area contributed by atoms with E-state index < -0.39 is 0 Å². The lowest BCUT2D eigenvalue weighted by Crippen LogP contribution is -2.24. The molecular formula is C5H4N4O. The average Bonchev–Trinajstić information content (AvgIpc) is 2.33. The van der Waals surface area contributed by atoms with Crippen LogP contribution in [0.15, 0.2) is 18.9 Å². The molecule has 2 rings (SSSR count). The SMILES string of the molecule is [O-][n+]1cnc2nc[nH]c2c1. The van der Waals surface area contributed by atoms with Crippen LogP contribution < -0.4 is 4.73 Å². The van der Waals surface area contributed by atoms with Gasteiger partial charge in [0.2, 0.25) is 0 Å². The first-order chi connectivity index (χ1) is 4.86. The average molecular weight is 136 g/mol. The Balaban J connectivity index is 2.86. The maximum atomic E-state index is 10.6. The summed E-state index contributed by atoms with van der Waals surface area (Å²) in [7, 11) is 0. The van der Waals surface area contributed by atoms with Crippen molar-refractivity contribution in [1.29, 1.82) is 0 Å². The van der Waals surface area contributed by atoms with Crippen LogP contribution in [0.2, 0.25) is 0 Å². The molecule has 2 heterocycles. The second kappa shape index (κ2) is 1.66. The van der Waals surface area contributed by atoms with Gasteiger partial charge >= 0.3 is 0 Å². The molecule has 0 bridgehead atoms. The summed E-state index contributed by atoms with van der Waals surface area (Å²) in [6.07, 6.45) is 4.05. The van der Waals surface area contributed by atoms with Crippen molar-refractivity contribution < 1.29 is 4.73 Å². The predicted molar refractivity (Wildman–Crippen MR) is 32.8 cm³/mol.